The zero-order valence-corrected chi connectivity index (χ0v) is 101. The maximum atomic E-state index is 13.0. The third-order valence-electron chi connectivity index (χ3n) is 45.8. The number of likely N-dealkylation sites (N-methyl/N-ethyl adjacent to an activating group) is 1. The Balaban J connectivity index is 0.000000126. The number of piperidine rings is 14. The molecule has 832 valence electrons. The van der Waals surface area contributed by atoms with Gasteiger partial charge >= 0.3 is 0 Å². The molecule has 0 radical (unpaired) electrons. The van der Waals surface area contributed by atoms with Crippen molar-refractivity contribution in [3.8, 4) is 0 Å². The van der Waals surface area contributed by atoms with E-state index in [0.717, 1.165) is 158 Å². The Morgan fingerprint density at radius 1 is 0.240 bits per heavy atom. The number of carbonyl (C=O) groups excluding carboxylic acids is 8. The first-order valence-electron chi connectivity index (χ1n) is 62.6. The number of Topliss-reactive ketones (excluding diaryl/α,β-unsaturated/α-hetero) is 8. The summed E-state index contributed by atoms with van der Waals surface area (Å²) in [5.74, 6) is 16.2. The highest BCUT2D eigenvalue weighted by Crippen LogP contribution is 2.68. The van der Waals surface area contributed by atoms with Crippen molar-refractivity contribution in [2.45, 2.75) is 533 Å². The summed E-state index contributed by atoms with van der Waals surface area (Å²) in [6.45, 7) is 57.6. The van der Waals surface area contributed by atoms with Gasteiger partial charge in [-0.1, -0.05) is 205 Å². The second-order valence-electron chi connectivity index (χ2n) is 63.8. The van der Waals surface area contributed by atoms with Crippen molar-refractivity contribution in [2.24, 2.45) is 150 Å². The number of nitrogens with zero attached hydrogens (tertiary/aromatic N) is 8. The highest BCUT2D eigenvalue weighted by Gasteiger charge is 2.73. The van der Waals surface area contributed by atoms with E-state index in [4.69, 9.17) is 0 Å². The zero-order chi connectivity index (χ0) is 107. The first-order chi connectivity index (χ1) is 67.9. The molecule has 6 saturated carbocycles. The molecule has 16 heteroatoms. The van der Waals surface area contributed by atoms with Crippen molar-refractivity contribution in [1.82, 2.24) is 19.6 Å². The Morgan fingerprint density at radius 3 is 1.27 bits per heavy atom. The summed E-state index contributed by atoms with van der Waals surface area (Å²) in [5.41, 5.74) is -1.30. The number of rotatable bonds is 8. The Kier molecular flexibility index (Phi) is 35.9. The van der Waals surface area contributed by atoms with E-state index in [-0.39, 0.29) is 55.4 Å². The van der Waals surface area contributed by atoms with Gasteiger partial charge in [-0.05, 0) is 287 Å². The van der Waals surface area contributed by atoms with Gasteiger partial charge in [-0.2, -0.15) is 0 Å². The summed E-state index contributed by atoms with van der Waals surface area (Å²) in [7, 11) is 19.2. The van der Waals surface area contributed by atoms with Crippen LogP contribution in [0.5, 0.6) is 0 Å². The third kappa shape index (κ3) is 24.5. The van der Waals surface area contributed by atoms with Crippen molar-refractivity contribution in [1.29, 1.82) is 0 Å². The number of ketones is 8. The van der Waals surface area contributed by atoms with Crippen LogP contribution in [0.2, 0.25) is 0 Å². The van der Waals surface area contributed by atoms with Crippen LogP contribution in [-0.2, 0) is 38.4 Å². The van der Waals surface area contributed by atoms with Crippen LogP contribution in [0.15, 0.2) is 0 Å². The molecule has 0 N–H and O–H groups in total. The largest absolute Gasteiger partial charge is 0.323 e. The number of quaternary nitrogens is 4. The lowest BCUT2D eigenvalue weighted by molar-refractivity contribution is -0.957. The molecule has 16 heterocycles. The standard InChI is InChI=1S/C19H32NO.C18H29NO.C18H32NO.C17H29NO.2C15H28NO.2C14H25NO/c1-19(2,3)18(21)12-8-6-7-11-13(12)10-16-14-9-15(14)17(11)20(16,4)5;1-18(2,3)17(20)11-7-5-6-10-12(11)9-15-13-8-14(13)16(10)19(15)4;1-18(2,3)17(20)14-8-6-7-13-15(14)11-12-9-10-16(13)19(12,4)5;1-17(2,3)16(19)13-7-5-6-12-14(13)10-11-8-9-15(12)18(11)4;1-15(2,3)14(17)12-8-7-11-16(4)10-6-5-9-13(12)16;1-15(2,3)14(17)13-10-7-9-12-8-5-6-11-16(12,13)4;1-14(2,3)13(16)11-7-6-10-15-9-5-4-8-12(11)15;1-14(2,3)13(16)12-9-6-8-11-7-4-5-10-15(11)12/h11-17H,6-10H2,1-5H3;10-16H,5-9H2,1-4H3;12-16H,6-11H2,1-5H3;11-15H,5-10H2,1-4H3;2*12-13H,5-11H2,1-4H3;2*11-12H,4-10H2,1-3H3/q+1;;+1;;2*+1;;. The molecule has 22 fully saturated rings. The van der Waals surface area contributed by atoms with E-state index in [9.17, 15) is 38.4 Å². The highest BCUT2D eigenvalue weighted by molar-refractivity contribution is 5.91. The number of fused-ring (bicyclic) bond motifs is 26. The summed E-state index contributed by atoms with van der Waals surface area (Å²) < 4.78 is 4.73. The highest BCUT2D eigenvalue weighted by atomic mass is 16.2. The number of carbonyl (C=O) groups is 8. The first-order valence-corrected chi connectivity index (χ1v) is 62.6. The second-order valence-corrected chi connectivity index (χ2v) is 63.8. The topological polar surface area (TPSA) is 150 Å². The minimum atomic E-state index is -0.177. The smallest absolute Gasteiger partial charge is 0.195 e. The minimum Gasteiger partial charge on any atom is -0.323 e. The average molecular weight is 2030 g/mol. The monoisotopic (exact) mass is 2030 g/mol. The Labute approximate surface area is 895 Å². The minimum absolute atomic E-state index is 0.155. The summed E-state index contributed by atoms with van der Waals surface area (Å²) in [5, 5.41) is 0. The van der Waals surface area contributed by atoms with E-state index in [1.165, 1.54) is 284 Å². The summed E-state index contributed by atoms with van der Waals surface area (Å²) in [4.78, 5) is 112. The van der Waals surface area contributed by atoms with Gasteiger partial charge in [0.2, 0.25) is 0 Å². The first kappa shape index (κ1) is 117. The lowest BCUT2D eigenvalue weighted by Gasteiger charge is -2.54. The van der Waals surface area contributed by atoms with Gasteiger partial charge in [0.25, 0.3) is 0 Å². The van der Waals surface area contributed by atoms with Gasteiger partial charge in [-0.15, -0.1) is 0 Å². The van der Waals surface area contributed by atoms with Gasteiger partial charge in [-0.3, -0.25) is 53.1 Å². The van der Waals surface area contributed by atoms with Crippen LogP contribution < -0.4 is 0 Å². The van der Waals surface area contributed by atoms with Crippen molar-refractivity contribution in [2.75, 3.05) is 95.6 Å². The van der Waals surface area contributed by atoms with Gasteiger partial charge in [0, 0.05) is 171 Å². The molecule has 0 aromatic rings. The lowest BCUT2D eigenvalue weighted by atomic mass is 9.60. The average Bonchev–Trinajstić information content (AvgIpc) is 1.51. The molecule has 8 bridgehead atoms. The van der Waals surface area contributed by atoms with E-state index < -0.39 is 0 Å². The fourth-order valence-corrected chi connectivity index (χ4v) is 38.1. The predicted molar refractivity (Wildman–Crippen MR) is 600 cm³/mol. The molecular weight excluding hydrogens is 1800 g/mol. The van der Waals surface area contributed by atoms with Gasteiger partial charge in [0.1, 0.15) is 40.7 Å². The molecule has 22 aliphatic rings. The fraction of sp³-hybridized carbons (Fsp3) is 0.938. The van der Waals surface area contributed by atoms with Crippen LogP contribution in [0.4, 0.5) is 0 Å². The van der Waals surface area contributed by atoms with Crippen LogP contribution >= 0.6 is 0 Å². The molecular formula is C130H228N8O8+4. The Bertz CT molecular complexity index is 4370. The fourth-order valence-electron chi connectivity index (χ4n) is 38.1. The zero-order valence-electron chi connectivity index (χ0n) is 101. The van der Waals surface area contributed by atoms with Gasteiger partial charge in [0.05, 0.1) is 110 Å². The molecule has 0 spiro atoms. The SMILES string of the molecule is CC(C)(C)C(=O)C1CCCC2C1CC1C3CC3C2[N+]1(C)C.CC(C)(C)C(=O)C1CCCC2C1CC1CCC2[N+]1(C)C.CC(C)(C)C(=O)C1CCCC2CCCCN21.CC(C)(C)C(=O)C1CCCC2CCCC[N+]21C.CC(C)(C)C(=O)C1CCCN2CCCCC12.CC(C)(C)C(=O)C1CCC[N+]2(C)CCCCC12.CN1C2CC3C(C(=O)C(C)(C)C)CCCC3C1C1CC12.CN1C2CCC1C1CCCC(C(=O)C(C)(C)C)C1C2. The molecule has 22 rings (SSSR count). The normalized spacial score (nSPS) is 41.7. The lowest BCUT2D eigenvalue weighted by Crippen LogP contribution is -2.66. The molecule has 34 atom stereocenters. The van der Waals surface area contributed by atoms with E-state index in [1.807, 2.05) is 0 Å². The van der Waals surface area contributed by atoms with Gasteiger partial charge in [0.15, 0.2) is 11.6 Å². The van der Waals surface area contributed by atoms with Crippen molar-refractivity contribution >= 4 is 46.3 Å². The molecule has 0 aromatic heterocycles. The molecule has 0 aromatic carbocycles. The molecule has 0 amide bonds. The van der Waals surface area contributed by atoms with Crippen molar-refractivity contribution < 1.29 is 56.3 Å². The maximum absolute atomic E-state index is 13.0. The van der Waals surface area contributed by atoms with Crippen molar-refractivity contribution in [3.05, 3.63) is 0 Å². The van der Waals surface area contributed by atoms with Crippen LogP contribution in [0.1, 0.15) is 449 Å². The van der Waals surface area contributed by atoms with E-state index in [0.29, 0.717) is 124 Å². The summed E-state index contributed by atoms with van der Waals surface area (Å²) in [6.07, 6.45) is 56.8. The number of hydrogen-bond acceptors (Lipinski definition) is 12. The molecule has 16 aliphatic heterocycles. The quantitative estimate of drug-likeness (QED) is 0.213. The Morgan fingerprint density at radius 2 is 0.685 bits per heavy atom. The second kappa shape index (κ2) is 44.8. The molecule has 16 nitrogen and oxygen atoms in total. The summed E-state index contributed by atoms with van der Waals surface area (Å²) in [6, 6.07) is 9.67. The maximum Gasteiger partial charge on any atom is 0.195 e. The number of hydrogen-bond donors (Lipinski definition) is 0. The van der Waals surface area contributed by atoms with Crippen LogP contribution in [0.25, 0.3) is 0 Å². The van der Waals surface area contributed by atoms with Gasteiger partial charge in [-0.25, -0.2) is 0 Å². The molecule has 16 saturated heterocycles. The molecule has 34 unspecified atom stereocenters. The van der Waals surface area contributed by atoms with E-state index in [2.05, 4.69) is 242 Å². The molecule has 6 aliphatic carbocycles. The molecule has 146 heavy (non-hydrogen) atoms. The van der Waals surface area contributed by atoms with Crippen LogP contribution in [0.3, 0.4) is 0 Å². The van der Waals surface area contributed by atoms with E-state index >= 15 is 0 Å². The third-order valence-corrected chi connectivity index (χ3v) is 45.8. The van der Waals surface area contributed by atoms with Crippen molar-refractivity contribution in [3.63, 3.8) is 0 Å². The van der Waals surface area contributed by atoms with Gasteiger partial charge < -0.3 is 22.8 Å². The summed E-state index contributed by atoms with van der Waals surface area (Å²) >= 11 is 0. The van der Waals surface area contributed by atoms with E-state index in [1.54, 1.807) is 0 Å². The van der Waals surface area contributed by atoms with Crippen LogP contribution in [0, 0.1) is 150 Å². The van der Waals surface area contributed by atoms with Crippen LogP contribution in [-0.4, -0.2) is 264 Å². The predicted octanol–water partition coefficient (Wildman–Crippen LogP) is 26.0. The Hall–Kier alpha value is -2.96.